The van der Waals surface area contributed by atoms with Crippen molar-refractivity contribution in [1.29, 1.82) is 0 Å². The molecule has 0 fully saturated rings. The maximum atomic E-state index is 12.3. The Balaban J connectivity index is 2.39. The largest absolute Gasteiger partial charge is 0.478 e. The molecular weight excluding hydrogens is 262 g/mol. The third-order valence-corrected chi connectivity index (χ3v) is 3.28. The van der Waals surface area contributed by atoms with Gasteiger partial charge in [0.25, 0.3) is 5.91 Å². The van der Waals surface area contributed by atoms with Gasteiger partial charge >= 0.3 is 0 Å². The highest BCUT2D eigenvalue weighted by atomic mass is 16.5. The zero-order valence-corrected chi connectivity index (χ0v) is 11.3. The minimum absolute atomic E-state index is 0.00290. The minimum atomic E-state index is -1.01. The summed E-state index contributed by atoms with van der Waals surface area (Å²) in [5.74, 6) is 0.293. The third kappa shape index (κ3) is 2.77. The van der Waals surface area contributed by atoms with E-state index in [0.29, 0.717) is 23.4 Å². The highest BCUT2D eigenvalue weighted by Crippen LogP contribution is 2.35. The standard InChI is InChI=1S/C14H19NO5/c1-2-12-14(19)15(6-10(18)8-17)11-5-9(7-16)3-4-13(11)20-12/h3-5,10,12,16-18H,2,6-8H2,1H3. The van der Waals surface area contributed by atoms with Gasteiger partial charge in [-0.15, -0.1) is 0 Å². The van der Waals surface area contributed by atoms with Crippen LogP contribution in [0.25, 0.3) is 0 Å². The maximum Gasteiger partial charge on any atom is 0.268 e. The quantitative estimate of drug-likeness (QED) is 0.709. The number of β-amino-alcohol motifs (C(OH)–C–C–N with tert-alkyl or cyclic N) is 1. The van der Waals surface area contributed by atoms with Gasteiger partial charge in [-0.3, -0.25) is 4.79 Å². The Hall–Kier alpha value is -1.63. The fraction of sp³-hybridized carbons (Fsp3) is 0.500. The lowest BCUT2D eigenvalue weighted by molar-refractivity contribution is -0.126. The zero-order chi connectivity index (χ0) is 14.7. The van der Waals surface area contributed by atoms with Gasteiger partial charge in [-0.25, -0.2) is 0 Å². The van der Waals surface area contributed by atoms with Gasteiger partial charge in [0.2, 0.25) is 0 Å². The van der Waals surface area contributed by atoms with Crippen molar-refractivity contribution in [2.24, 2.45) is 0 Å². The van der Waals surface area contributed by atoms with Gasteiger partial charge in [0.15, 0.2) is 6.10 Å². The molecule has 0 radical (unpaired) electrons. The minimum Gasteiger partial charge on any atom is -0.478 e. The molecule has 0 aromatic heterocycles. The average Bonchev–Trinajstić information content (AvgIpc) is 2.48. The molecule has 2 unspecified atom stereocenters. The summed E-state index contributed by atoms with van der Waals surface area (Å²) in [6, 6.07) is 5.08. The molecule has 0 aliphatic carbocycles. The van der Waals surface area contributed by atoms with Crippen LogP contribution >= 0.6 is 0 Å². The fourth-order valence-electron chi connectivity index (χ4n) is 2.18. The summed E-state index contributed by atoms with van der Waals surface area (Å²) in [6.07, 6.45) is -1.08. The Labute approximate surface area is 117 Å². The van der Waals surface area contributed by atoms with E-state index in [9.17, 15) is 15.0 Å². The highest BCUT2D eigenvalue weighted by Gasteiger charge is 2.34. The lowest BCUT2D eigenvalue weighted by Crippen LogP contribution is -2.49. The fourth-order valence-corrected chi connectivity index (χ4v) is 2.18. The van der Waals surface area contributed by atoms with Crippen LogP contribution in [-0.4, -0.2) is 46.6 Å². The number of anilines is 1. The molecule has 1 heterocycles. The number of aliphatic hydroxyl groups is 3. The number of carbonyl (C=O) groups excluding carboxylic acids is 1. The summed E-state index contributed by atoms with van der Waals surface area (Å²) in [4.78, 5) is 13.7. The summed E-state index contributed by atoms with van der Waals surface area (Å²) in [5.41, 5.74) is 1.16. The molecule has 20 heavy (non-hydrogen) atoms. The first kappa shape index (κ1) is 14.8. The molecule has 0 saturated heterocycles. The molecule has 0 bridgehead atoms. The molecule has 2 atom stereocenters. The molecular formula is C14H19NO5. The van der Waals surface area contributed by atoms with Gasteiger partial charge in [0.05, 0.1) is 31.5 Å². The number of benzene rings is 1. The Morgan fingerprint density at radius 3 is 2.75 bits per heavy atom. The summed E-state index contributed by atoms with van der Waals surface area (Å²) >= 11 is 0. The number of hydrogen-bond donors (Lipinski definition) is 3. The SMILES string of the molecule is CCC1Oc2ccc(CO)cc2N(CC(O)CO)C1=O. The second-order valence-corrected chi connectivity index (χ2v) is 4.76. The van der Waals surface area contributed by atoms with E-state index in [-0.39, 0.29) is 19.1 Å². The Morgan fingerprint density at radius 1 is 1.40 bits per heavy atom. The van der Waals surface area contributed by atoms with Crippen LogP contribution < -0.4 is 9.64 Å². The molecule has 3 N–H and O–H groups in total. The van der Waals surface area contributed by atoms with Crippen molar-refractivity contribution in [3.8, 4) is 5.75 Å². The number of fused-ring (bicyclic) bond motifs is 1. The van der Waals surface area contributed by atoms with Crippen molar-refractivity contribution in [3.63, 3.8) is 0 Å². The number of ether oxygens (including phenoxy) is 1. The number of nitrogens with zero attached hydrogens (tertiary/aromatic N) is 1. The van der Waals surface area contributed by atoms with Gasteiger partial charge in [-0.2, -0.15) is 0 Å². The molecule has 1 aromatic carbocycles. The molecule has 0 spiro atoms. The Bertz CT molecular complexity index is 490. The van der Waals surface area contributed by atoms with E-state index >= 15 is 0 Å². The van der Waals surface area contributed by atoms with Gasteiger partial charge in [-0.1, -0.05) is 13.0 Å². The van der Waals surface area contributed by atoms with Crippen LogP contribution in [0.4, 0.5) is 5.69 Å². The van der Waals surface area contributed by atoms with Gasteiger partial charge in [0, 0.05) is 0 Å². The third-order valence-electron chi connectivity index (χ3n) is 3.28. The van der Waals surface area contributed by atoms with Crippen molar-refractivity contribution in [2.75, 3.05) is 18.1 Å². The van der Waals surface area contributed by atoms with Crippen molar-refractivity contribution < 1.29 is 24.9 Å². The molecule has 2 rings (SSSR count). The van der Waals surface area contributed by atoms with Crippen LogP contribution in [0, 0.1) is 0 Å². The van der Waals surface area contributed by atoms with E-state index in [1.807, 2.05) is 6.92 Å². The molecule has 1 aromatic rings. The summed E-state index contributed by atoms with van der Waals surface area (Å²) in [7, 11) is 0. The second kappa shape index (κ2) is 6.21. The molecule has 1 aliphatic rings. The molecule has 1 amide bonds. The summed E-state index contributed by atoms with van der Waals surface area (Å²) < 4.78 is 5.62. The van der Waals surface area contributed by atoms with Crippen LogP contribution in [0.5, 0.6) is 5.75 Å². The van der Waals surface area contributed by atoms with E-state index < -0.39 is 18.8 Å². The van der Waals surface area contributed by atoms with E-state index in [1.165, 1.54) is 4.90 Å². The van der Waals surface area contributed by atoms with Crippen molar-refractivity contribution in [1.82, 2.24) is 0 Å². The first-order valence-electron chi connectivity index (χ1n) is 6.61. The van der Waals surface area contributed by atoms with Gasteiger partial charge in [-0.05, 0) is 24.1 Å². The predicted molar refractivity (Wildman–Crippen MR) is 72.5 cm³/mol. The number of amides is 1. The normalized spacial score (nSPS) is 19.5. The zero-order valence-electron chi connectivity index (χ0n) is 11.3. The predicted octanol–water partition coefficient (Wildman–Crippen LogP) is 0.0361. The van der Waals surface area contributed by atoms with Gasteiger partial charge in [0.1, 0.15) is 5.75 Å². The average molecular weight is 281 g/mol. The van der Waals surface area contributed by atoms with Crippen molar-refractivity contribution in [2.45, 2.75) is 32.2 Å². The summed E-state index contributed by atoms with van der Waals surface area (Å²) in [5, 5.41) is 27.8. The lowest BCUT2D eigenvalue weighted by atomic mass is 10.1. The van der Waals surface area contributed by atoms with Crippen molar-refractivity contribution >= 4 is 11.6 Å². The second-order valence-electron chi connectivity index (χ2n) is 4.76. The smallest absolute Gasteiger partial charge is 0.268 e. The van der Waals surface area contributed by atoms with Gasteiger partial charge < -0.3 is 25.0 Å². The van der Waals surface area contributed by atoms with E-state index in [1.54, 1.807) is 18.2 Å². The topological polar surface area (TPSA) is 90.2 Å². The Morgan fingerprint density at radius 2 is 2.15 bits per heavy atom. The van der Waals surface area contributed by atoms with E-state index in [4.69, 9.17) is 9.84 Å². The van der Waals surface area contributed by atoms with Crippen molar-refractivity contribution in [3.05, 3.63) is 23.8 Å². The van der Waals surface area contributed by atoms with E-state index in [2.05, 4.69) is 0 Å². The first-order chi connectivity index (χ1) is 9.60. The lowest BCUT2D eigenvalue weighted by Gasteiger charge is -2.35. The molecule has 1 aliphatic heterocycles. The molecule has 6 nitrogen and oxygen atoms in total. The van der Waals surface area contributed by atoms with Crippen LogP contribution in [-0.2, 0) is 11.4 Å². The van der Waals surface area contributed by atoms with Crippen LogP contribution in [0.1, 0.15) is 18.9 Å². The number of hydrogen-bond acceptors (Lipinski definition) is 5. The van der Waals surface area contributed by atoms with Crippen LogP contribution in [0.2, 0.25) is 0 Å². The summed E-state index contributed by atoms with van der Waals surface area (Å²) in [6.45, 7) is 1.28. The number of rotatable bonds is 5. The first-order valence-corrected chi connectivity index (χ1v) is 6.61. The van der Waals surface area contributed by atoms with E-state index in [0.717, 1.165) is 0 Å². The van der Waals surface area contributed by atoms with Crippen LogP contribution in [0.15, 0.2) is 18.2 Å². The molecule has 6 heteroatoms. The highest BCUT2D eigenvalue weighted by molar-refractivity contribution is 6.00. The Kier molecular flexibility index (Phi) is 4.59. The number of carbonyl (C=O) groups is 1. The molecule has 110 valence electrons. The van der Waals surface area contributed by atoms with Crippen LogP contribution in [0.3, 0.4) is 0 Å². The molecule has 0 saturated carbocycles. The monoisotopic (exact) mass is 281 g/mol. The maximum absolute atomic E-state index is 12.3. The number of aliphatic hydroxyl groups excluding tert-OH is 3.